The van der Waals surface area contributed by atoms with Gasteiger partial charge in [0.15, 0.2) is 6.23 Å². The van der Waals surface area contributed by atoms with Crippen molar-refractivity contribution in [2.75, 3.05) is 11.9 Å². The number of nitrogens with one attached hydrogen (secondary N) is 2. The highest BCUT2D eigenvalue weighted by Crippen LogP contribution is 2.41. The Morgan fingerprint density at radius 2 is 2.14 bits per heavy atom. The minimum atomic E-state index is -4.81. The number of hydrogen-bond donors (Lipinski definition) is 7. The first-order valence-corrected chi connectivity index (χ1v) is 9.32. The van der Waals surface area contributed by atoms with Crippen molar-refractivity contribution in [3.05, 3.63) is 12.4 Å². The highest BCUT2D eigenvalue weighted by molar-refractivity contribution is 7.46. The summed E-state index contributed by atoms with van der Waals surface area (Å²) >= 11 is 0. The van der Waals surface area contributed by atoms with E-state index in [4.69, 9.17) is 19.6 Å². The Hall–Kier alpha value is -2.19. The second-order valence-electron chi connectivity index (χ2n) is 5.40. The normalized spacial score (nSPS) is 24.1. The van der Waals surface area contributed by atoms with Crippen LogP contribution in [0.15, 0.2) is 12.4 Å². The Morgan fingerprint density at radius 1 is 1.46 bits per heavy atom. The van der Waals surface area contributed by atoms with Crippen LogP contribution < -0.4 is 11.1 Å². The molecule has 2 rings (SSSR count). The van der Waals surface area contributed by atoms with Crippen LogP contribution in [0.5, 0.6) is 0 Å². The first-order valence-electron chi connectivity index (χ1n) is 7.79. The standard InChI is InChI=1S/C8H14N3O7P.C5H7NO3/c12-3-4-5(13)6(18-19(14,15)16)7(17-4)11-8-9-1-2-10-8;6-5(9)4(8)2-1-3-7/h1-2,4-7,12-13H,3H2,(H2,9,10,11)(H2,14,15,16);3H,1-2H2,(H2,6,9)/t4-,5-,6-,7?;/m1./s1. The second kappa shape index (κ2) is 11.0. The van der Waals surface area contributed by atoms with E-state index in [1.807, 2.05) is 0 Å². The molecule has 0 saturated carbocycles. The predicted octanol–water partition coefficient (Wildman–Crippen LogP) is -2.60. The van der Waals surface area contributed by atoms with E-state index in [1.165, 1.54) is 12.4 Å². The zero-order valence-corrected chi connectivity index (χ0v) is 15.3. The summed E-state index contributed by atoms with van der Waals surface area (Å²) in [6, 6.07) is 0. The summed E-state index contributed by atoms with van der Waals surface area (Å²) in [5, 5.41) is 21.5. The number of aliphatic hydroxyl groups excluding tert-OH is 2. The van der Waals surface area contributed by atoms with Gasteiger partial charge < -0.3 is 45.6 Å². The number of ether oxygens (including phenoxy) is 1. The number of aromatic nitrogens is 2. The molecule has 15 heteroatoms. The number of Topliss-reactive ketones (excluding diaryl/α,β-unsaturated/α-hetero) is 1. The van der Waals surface area contributed by atoms with E-state index in [2.05, 4.69) is 25.5 Å². The van der Waals surface area contributed by atoms with Gasteiger partial charge in [-0.1, -0.05) is 0 Å². The summed E-state index contributed by atoms with van der Waals surface area (Å²) in [6.45, 7) is -0.515. The predicted molar refractivity (Wildman–Crippen MR) is 90.4 cm³/mol. The van der Waals surface area contributed by atoms with Crippen molar-refractivity contribution in [3.63, 3.8) is 0 Å². The Bertz CT molecular complexity index is 694. The maximum absolute atomic E-state index is 10.9. The monoisotopic (exact) mass is 424 g/mol. The topological polar surface area (TPSA) is 234 Å². The lowest BCUT2D eigenvalue weighted by molar-refractivity contribution is -0.136. The van der Waals surface area contributed by atoms with Gasteiger partial charge in [0, 0.05) is 25.2 Å². The number of rotatable bonds is 9. The van der Waals surface area contributed by atoms with Gasteiger partial charge in [-0.25, -0.2) is 9.55 Å². The number of aromatic amines is 1. The first-order chi connectivity index (χ1) is 13.1. The number of phosphoric ester groups is 1. The fourth-order valence-corrected chi connectivity index (χ4v) is 2.62. The Kier molecular flexibility index (Phi) is 9.34. The van der Waals surface area contributed by atoms with Crippen molar-refractivity contribution in [3.8, 4) is 0 Å². The molecule has 1 saturated heterocycles. The molecular formula is C13H21N4O10P. The summed E-state index contributed by atoms with van der Waals surface area (Å²) in [4.78, 5) is 54.0. The van der Waals surface area contributed by atoms with Crippen molar-refractivity contribution in [2.24, 2.45) is 5.73 Å². The second-order valence-corrected chi connectivity index (χ2v) is 6.60. The highest BCUT2D eigenvalue weighted by atomic mass is 31.2. The SMILES string of the molecule is NC(=O)C(=O)CCC=O.O=P(O)(O)O[C@H]1C(Nc2ncc[nH]2)O[C@H](CO)[C@H]1O. The number of carbonyl (C=O) groups excluding carboxylic acids is 3. The minimum absolute atomic E-state index is 0.0706. The third-order valence-electron chi connectivity index (χ3n) is 3.32. The third kappa shape index (κ3) is 7.82. The van der Waals surface area contributed by atoms with Gasteiger partial charge >= 0.3 is 7.82 Å². The number of anilines is 1. The van der Waals surface area contributed by atoms with Crippen molar-refractivity contribution in [2.45, 2.75) is 37.4 Å². The van der Waals surface area contributed by atoms with E-state index in [0.29, 0.717) is 6.29 Å². The van der Waals surface area contributed by atoms with E-state index in [-0.39, 0.29) is 18.8 Å². The number of amides is 1. The van der Waals surface area contributed by atoms with Gasteiger partial charge in [-0.2, -0.15) is 0 Å². The molecule has 0 aromatic carbocycles. The number of ketones is 1. The summed E-state index contributed by atoms with van der Waals surface area (Å²) in [6.07, 6.45) is -1.25. The van der Waals surface area contributed by atoms with Gasteiger partial charge in [-0.05, 0) is 0 Å². The van der Waals surface area contributed by atoms with Crippen LogP contribution in [0.1, 0.15) is 12.8 Å². The number of primary amides is 1. The van der Waals surface area contributed by atoms with E-state index in [9.17, 15) is 24.1 Å². The molecule has 1 aliphatic rings. The van der Waals surface area contributed by atoms with Crippen molar-refractivity contribution in [1.82, 2.24) is 9.97 Å². The number of imidazole rings is 1. The molecule has 14 nitrogen and oxygen atoms in total. The summed E-state index contributed by atoms with van der Waals surface area (Å²) < 4.78 is 20.6. The number of hydrogen-bond acceptors (Lipinski definition) is 10. The van der Waals surface area contributed by atoms with Crippen LogP contribution in [0.25, 0.3) is 0 Å². The van der Waals surface area contributed by atoms with E-state index in [1.54, 1.807) is 0 Å². The van der Waals surface area contributed by atoms with E-state index >= 15 is 0 Å². The van der Waals surface area contributed by atoms with Gasteiger partial charge in [0.05, 0.1) is 6.61 Å². The smallest absolute Gasteiger partial charge is 0.394 e. The number of carbonyl (C=O) groups is 3. The average Bonchev–Trinajstić information content (AvgIpc) is 3.22. The zero-order chi connectivity index (χ0) is 21.3. The van der Waals surface area contributed by atoms with Gasteiger partial charge in [-0.15, -0.1) is 0 Å². The molecular weight excluding hydrogens is 403 g/mol. The molecule has 2 heterocycles. The maximum atomic E-state index is 10.9. The van der Waals surface area contributed by atoms with Crippen LogP contribution in [0, 0.1) is 0 Å². The number of nitrogens with zero attached hydrogens (tertiary/aromatic N) is 1. The van der Waals surface area contributed by atoms with Gasteiger partial charge in [0.2, 0.25) is 11.7 Å². The van der Waals surface area contributed by atoms with Crippen LogP contribution in [0.4, 0.5) is 5.95 Å². The number of nitrogens with two attached hydrogens (primary N) is 1. The quantitative estimate of drug-likeness (QED) is 0.123. The number of aldehydes is 1. The average molecular weight is 424 g/mol. The van der Waals surface area contributed by atoms with Crippen LogP contribution in [0.2, 0.25) is 0 Å². The summed E-state index contributed by atoms with van der Waals surface area (Å²) in [5.41, 5.74) is 4.57. The number of aliphatic hydroxyl groups is 2. The molecule has 28 heavy (non-hydrogen) atoms. The van der Waals surface area contributed by atoms with Crippen molar-refractivity contribution in [1.29, 1.82) is 0 Å². The van der Waals surface area contributed by atoms with Crippen LogP contribution >= 0.6 is 7.82 Å². The van der Waals surface area contributed by atoms with Gasteiger partial charge in [-0.3, -0.25) is 14.1 Å². The number of H-pyrrole nitrogens is 1. The Labute approximate surface area is 158 Å². The van der Waals surface area contributed by atoms with Gasteiger partial charge in [0.1, 0.15) is 24.6 Å². The molecule has 0 bridgehead atoms. The van der Waals surface area contributed by atoms with Gasteiger partial charge in [0.25, 0.3) is 5.91 Å². The summed E-state index contributed by atoms with van der Waals surface area (Å²) in [5.74, 6) is -1.39. The molecule has 1 aliphatic heterocycles. The number of phosphoric acid groups is 1. The van der Waals surface area contributed by atoms with Crippen LogP contribution in [-0.2, 0) is 28.2 Å². The van der Waals surface area contributed by atoms with E-state index < -0.39 is 50.7 Å². The molecule has 0 radical (unpaired) electrons. The fraction of sp³-hybridized carbons (Fsp3) is 0.538. The van der Waals surface area contributed by atoms with Crippen LogP contribution in [0.3, 0.4) is 0 Å². The molecule has 8 N–H and O–H groups in total. The molecule has 1 aromatic heterocycles. The maximum Gasteiger partial charge on any atom is 0.470 e. The molecule has 1 fully saturated rings. The van der Waals surface area contributed by atoms with Crippen molar-refractivity contribution >= 4 is 31.7 Å². The molecule has 4 atom stereocenters. The lowest BCUT2D eigenvalue weighted by atomic mass is 10.1. The van der Waals surface area contributed by atoms with E-state index in [0.717, 1.165) is 0 Å². The van der Waals surface area contributed by atoms with Crippen molar-refractivity contribution < 1.29 is 48.2 Å². The molecule has 1 amide bonds. The lowest BCUT2D eigenvalue weighted by Gasteiger charge is -2.21. The third-order valence-corrected chi connectivity index (χ3v) is 3.84. The minimum Gasteiger partial charge on any atom is -0.394 e. The summed E-state index contributed by atoms with van der Waals surface area (Å²) in [7, 11) is -4.81. The molecule has 158 valence electrons. The van der Waals surface area contributed by atoms with Crippen LogP contribution in [-0.4, -0.2) is 79.1 Å². The molecule has 1 unspecified atom stereocenters. The Balaban J connectivity index is 0.000000370. The largest absolute Gasteiger partial charge is 0.470 e. The fourth-order valence-electron chi connectivity index (χ4n) is 2.07. The highest BCUT2D eigenvalue weighted by Gasteiger charge is 2.47. The molecule has 0 aliphatic carbocycles. The zero-order valence-electron chi connectivity index (χ0n) is 14.4. The molecule has 0 spiro atoms. The molecule has 1 aromatic rings. The first kappa shape index (κ1) is 23.8. The Morgan fingerprint density at radius 3 is 2.61 bits per heavy atom. The lowest BCUT2D eigenvalue weighted by Crippen LogP contribution is -2.38.